The molecule has 0 heterocycles. The van der Waals surface area contributed by atoms with Crippen LogP contribution in [0.25, 0.3) is 0 Å². The maximum atomic E-state index is 5.06. The Kier molecular flexibility index (Phi) is 13.2. The van der Waals surface area contributed by atoms with Gasteiger partial charge >= 0.3 is 0 Å². The van der Waals surface area contributed by atoms with Crippen LogP contribution >= 0.6 is 11.8 Å². The van der Waals surface area contributed by atoms with Gasteiger partial charge in [0.05, 0.1) is 6.61 Å². The van der Waals surface area contributed by atoms with Gasteiger partial charge in [0.1, 0.15) is 0 Å². The first-order valence-corrected chi connectivity index (χ1v) is 11.9. The Morgan fingerprint density at radius 2 is 1.27 bits per heavy atom. The van der Waals surface area contributed by atoms with E-state index in [1.807, 2.05) is 11.8 Å². The number of ether oxygens (including phenoxy) is 1. The van der Waals surface area contributed by atoms with Crippen LogP contribution in [0.15, 0.2) is 24.3 Å². The smallest absolute Gasteiger partial charge is 0.0552 e. The topological polar surface area (TPSA) is 9.23 Å². The minimum atomic E-state index is 0.265. The van der Waals surface area contributed by atoms with Gasteiger partial charge in [-0.3, -0.25) is 0 Å². The number of benzene rings is 1. The molecular formula is C24H42OS. The highest BCUT2D eigenvalue weighted by Crippen LogP contribution is 2.22. The maximum Gasteiger partial charge on any atom is 0.0552 e. The van der Waals surface area contributed by atoms with E-state index in [1.165, 1.54) is 81.1 Å². The summed E-state index contributed by atoms with van der Waals surface area (Å²) in [6, 6.07) is 9.28. The SMILES string of the molecule is COCCSCCCCCCCCCCCc1ccc(C(C)(C)C)cc1. The molecule has 0 atom stereocenters. The first kappa shape index (κ1) is 23.6. The van der Waals surface area contributed by atoms with E-state index in [1.54, 1.807) is 7.11 Å². The molecule has 0 saturated carbocycles. The Labute approximate surface area is 167 Å². The second-order valence-electron chi connectivity index (χ2n) is 8.48. The molecule has 0 aliphatic heterocycles. The number of methoxy groups -OCH3 is 1. The van der Waals surface area contributed by atoms with Crippen molar-refractivity contribution in [3.63, 3.8) is 0 Å². The molecule has 1 aromatic carbocycles. The van der Waals surface area contributed by atoms with Crippen LogP contribution in [0.3, 0.4) is 0 Å². The van der Waals surface area contributed by atoms with Crippen LogP contribution in [0.5, 0.6) is 0 Å². The van der Waals surface area contributed by atoms with E-state index in [-0.39, 0.29) is 5.41 Å². The quantitative estimate of drug-likeness (QED) is 0.294. The minimum absolute atomic E-state index is 0.265. The Balaban J connectivity index is 1.89. The third kappa shape index (κ3) is 12.0. The van der Waals surface area contributed by atoms with Crippen molar-refractivity contribution in [1.82, 2.24) is 0 Å². The third-order valence-electron chi connectivity index (χ3n) is 5.01. The van der Waals surface area contributed by atoms with Crippen molar-refractivity contribution in [2.45, 2.75) is 90.4 Å². The van der Waals surface area contributed by atoms with Crippen LogP contribution in [-0.2, 0) is 16.6 Å². The third-order valence-corrected chi connectivity index (χ3v) is 6.04. The predicted molar refractivity (Wildman–Crippen MR) is 120 cm³/mol. The lowest BCUT2D eigenvalue weighted by molar-refractivity contribution is 0.218. The van der Waals surface area contributed by atoms with Gasteiger partial charge in [0.25, 0.3) is 0 Å². The van der Waals surface area contributed by atoms with Crippen LogP contribution in [0.2, 0.25) is 0 Å². The van der Waals surface area contributed by atoms with E-state index in [0.717, 1.165) is 12.4 Å². The van der Waals surface area contributed by atoms with Crippen molar-refractivity contribution in [2.75, 3.05) is 25.2 Å². The maximum absolute atomic E-state index is 5.06. The number of unbranched alkanes of at least 4 members (excludes halogenated alkanes) is 8. The normalized spacial score (nSPS) is 11.8. The summed E-state index contributed by atoms with van der Waals surface area (Å²) in [5, 5.41) is 0. The molecule has 0 saturated heterocycles. The van der Waals surface area contributed by atoms with Gasteiger partial charge in [-0.25, -0.2) is 0 Å². The monoisotopic (exact) mass is 378 g/mol. The highest BCUT2D eigenvalue weighted by atomic mass is 32.2. The number of hydrogen-bond donors (Lipinski definition) is 0. The molecule has 2 heteroatoms. The summed E-state index contributed by atoms with van der Waals surface area (Å²) in [6.45, 7) is 7.74. The van der Waals surface area contributed by atoms with Crippen LogP contribution in [-0.4, -0.2) is 25.2 Å². The molecular weight excluding hydrogens is 336 g/mol. The van der Waals surface area contributed by atoms with Gasteiger partial charge in [0, 0.05) is 12.9 Å². The van der Waals surface area contributed by atoms with E-state index in [0.29, 0.717) is 0 Å². The largest absolute Gasteiger partial charge is 0.384 e. The van der Waals surface area contributed by atoms with Crippen molar-refractivity contribution < 1.29 is 4.74 Å². The van der Waals surface area contributed by atoms with Crippen molar-refractivity contribution in [3.05, 3.63) is 35.4 Å². The molecule has 0 aliphatic rings. The molecule has 0 fully saturated rings. The Morgan fingerprint density at radius 1 is 0.731 bits per heavy atom. The molecule has 1 nitrogen and oxygen atoms in total. The second-order valence-corrected chi connectivity index (χ2v) is 9.71. The van der Waals surface area contributed by atoms with E-state index < -0.39 is 0 Å². The molecule has 0 unspecified atom stereocenters. The summed E-state index contributed by atoms with van der Waals surface area (Å²) >= 11 is 2.03. The van der Waals surface area contributed by atoms with Gasteiger partial charge < -0.3 is 4.74 Å². The molecule has 150 valence electrons. The van der Waals surface area contributed by atoms with Gasteiger partial charge in [-0.1, -0.05) is 90.0 Å². The zero-order chi connectivity index (χ0) is 19.1. The zero-order valence-corrected chi connectivity index (χ0v) is 18.6. The molecule has 0 spiro atoms. The second kappa shape index (κ2) is 14.6. The molecule has 26 heavy (non-hydrogen) atoms. The number of aryl methyl sites for hydroxylation is 1. The van der Waals surface area contributed by atoms with E-state index >= 15 is 0 Å². The van der Waals surface area contributed by atoms with E-state index in [2.05, 4.69) is 45.0 Å². The summed E-state index contributed by atoms with van der Waals surface area (Å²) in [7, 11) is 1.78. The standard InChI is InChI=1S/C24H42OS/c1-24(2,3)23-17-15-22(16-18-23)14-12-10-8-6-5-7-9-11-13-20-26-21-19-25-4/h15-18H,5-14,19-21H2,1-4H3. The van der Waals surface area contributed by atoms with Crippen LogP contribution in [0.1, 0.15) is 89.7 Å². The molecule has 1 rings (SSSR count). The van der Waals surface area contributed by atoms with Crippen molar-refractivity contribution >= 4 is 11.8 Å². The lowest BCUT2D eigenvalue weighted by Crippen LogP contribution is -2.10. The summed E-state index contributed by atoms with van der Waals surface area (Å²) in [5.41, 5.74) is 3.21. The molecule has 1 aromatic rings. The summed E-state index contributed by atoms with van der Waals surface area (Å²) in [5.74, 6) is 2.46. The number of thioether (sulfide) groups is 1. The number of rotatable bonds is 15. The molecule has 0 bridgehead atoms. The fraction of sp³-hybridized carbons (Fsp3) is 0.750. The summed E-state index contributed by atoms with van der Waals surface area (Å²) in [6.07, 6.45) is 13.9. The average Bonchev–Trinajstić information content (AvgIpc) is 2.61. The first-order chi connectivity index (χ1) is 12.5. The van der Waals surface area contributed by atoms with Gasteiger partial charge in [-0.15, -0.1) is 0 Å². The lowest BCUT2D eigenvalue weighted by atomic mass is 9.86. The average molecular weight is 379 g/mol. The van der Waals surface area contributed by atoms with Gasteiger partial charge in [-0.2, -0.15) is 11.8 Å². The highest BCUT2D eigenvalue weighted by Gasteiger charge is 2.12. The first-order valence-electron chi connectivity index (χ1n) is 10.7. The molecule has 0 N–H and O–H groups in total. The Hall–Kier alpha value is -0.470. The van der Waals surface area contributed by atoms with Gasteiger partial charge in [-0.05, 0) is 41.6 Å². The summed E-state index contributed by atoms with van der Waals surface area (Å²) < 4.78 is 5.06. The zero-order valence-electron chi connectivity index (χ0n) is 17.8. The van der Waals surface area contributed by atoms with E-state index in [4.69, 9.17) is 4.74 Å². The fourth-order valence-electron chi connectivity index (χ4n) is 3.19. The minimum Gasteiger partial charge on any atom is -0.384 e. The Morgan fingerprint density at radius 3 is 1.81 bits per heavy atom. The lowest BCUT2D eigenvalue weighted by Gasteiger charge is -2.19. The van der Waals surface area contributed by atoms with Crippen molar-refractivity contribution in [1.29, 1.82) is 0 Å². The molecule has 0 aromatic heterocycles. The molecule has 0 amide bonds. The van der Waals surface area contributed by atoms with Crippen molar-refractivity contribution in [3.8, 4) is 0 Å². The molecule has 0 radical (unpaired) electrons. The van der Waals surface area contributed by atoms with Gasteiger partial charge in [0.15, 0.2) is 0 Å². The van der Waals surface area contributed by atoms with E-state index in [9.17, 15) is 0 Å². The van der Waals surface area contributed by atoms with Crippen LogP contribution in [0, 0.1) is 0 Å². The van der Waals surface area contributed by atoms with Crippen LogP contribution < -0.4 is 0 Å². The highest BCUT2D eigenvalue weighted by molar-refractivity contribution is 7.99. The van der Waals surface area contributed by atoms with Crippen molar-refractivity contribution in [2.24, 2.45) is 0 Å². The van der Waals surface area contributed by atoms with Crippen LogP contribution in [0.4, 0.5) is 0 Å². The summed E-state index contributed by atoms with van der Waals surface area (Å²) in [4.78, 5) is 0. The van der Waals surface area contributed by atoms with Gasteiger partial charge in [0.2, 0.25) is 0 Å². The fourth-order valence-corrected chi connectivity index (χ4v) is 4.08. The Bertz CT molecular complexity index is 433. The molecule has 0 aliphatic carbocycles. The predicted octanol–water partition coefficient (Wildman–Crippen LogP) is 7.42. The number of hydrogen-bond acceptors (Lipinski definition) is 2.